The van der Waals surface area contributed by atoms with E-state index in [4.69, 9.17) is 4.42 Å². The van der Waals surface area contributed by atoms with Crippen LogP contribution in [0.1, 0.15) is 28.9 Å². The number of nitrogens with one attached hydrogen (secondary N) is 1. The number of hydrogen-bond acceptors (Lipinski definition) is 5. The van der Waals surface area contributed by atoms with E-state index in [-0.39, 0.29) is 17.9 Å². The molecule has 4 rings (SSSR count). The Kier molecular flexibility index (Phi) is 5.14. The molecule has 0 saturated carbocycles. The Hall–Kier alpha value is -3.48. The number of aromatic nitrogens is 2. The van der Waals surface area contributed by atoms with Crippen LogP contribution in [0.5, 0.6) is 0 Å². The summed E-state index contributed by atoms with van der Waals surface area (Å²) < 4.78 is 4.97. The molecule has 7 nitrogen and oxygen atoms in total. The molecule has 3 aromatic rings. The number of para-hydroxylation sites is 2. The first-order valence-corrected chi connectivity index (χ1v) is 9.21. The van der Waals surface area contributed by atoms with Gasteiger partial charge < -0.3 is 14.6 Å². The summed E-state index contributed by atoms with van der Waals surface area (Å²) in [6.07, 6.45) is 9.17. The van der Waals surface area contributed by atoms with Crippen LogP contribution in [0, 0.1) is 0 Å². The highest BCUT2D eigenvalue weighted by Gasteiger charge is 2.24. The van der Waals surface area contributed by atoms with Crippen molar-refractivity contribution >= 4 is 28.9 Å². The van der Waals surface area contributed by atoms with E-state index in [9.17, 15) is 9.59 Å². The van der Waals surface area contributed by atoms with Crippen molar-refractivity contribution in [1.29, 1.82) is 0 Å². The summed E-state index contributed by atoms with van der Waals surface area (Å²) in [5.74, 6) is -0.206. The molecular weight excluding hydrogens is 356 g/mol. The lowest BCUT2D eigenvalue weighted by Crippen LogP contribution is -2.46. The number of rotatable bonds is 4. The van der Waals surface area contributed by atoms with E-state index in [1.54, 1.807) is 23.2 Å². The van der Waals surface area contributed by atoms with Gasteiger partial charge in [0.2, 0.25) is 5.91 Å². The topological polar surface area (TPSA) is 88.3 Å². The molecule has 1 aromatic carbocycles. The molecule has 3 heterocycles. The van der Waals surface area contributed by atoms with Crippen LogP contribution in [0.25, 0.3) is 17.1 Å². The van der Waals surface area contributed by atoms with E-state index in [1.807, 2.05) is 24.3 Å². The number of carbonyl (C=O) groups excluding carboxylic acids is 2. The first-order valence-electron chi connectivity index (χ1n) is 9.21. The van der Waals surface area contributed by atoms with Crippen LogP contribution in [-0.4, -0.2) is 45.8 Å². The molecule has 1 aliphatic heterocycles. The summed E-state index contributed by atoms with van der Waals surface area (Å²) in [5.41, 5.74) is 2.80. The third-order valence-corrected chi connectivity index (χ3v) is 4.77. The predicted octanol–water partition coefficient (Wildman–Crippen LogP) is 2.66. The molecule has 142 valence electrons. The molecule has 1 saturated heterocycles. The fraction of sp³-hybridized carbons (Fsp3) is 0.238. The van der Waals surface area contributed by atoms with Gasteiger partial charge in [-0.15, -0.1) is 0 Å². The molecular formula is C21H20N4O3. The van der Waals surface area contributed by atoms with Crippen molar-refractivity contribution in [2.45, 2.75) is 18.9 Å². The average molecular weight is 376 g/mol. The third kappa shape index (κ3) is 4.09. The summed E-state index contributed by atoms with van der Waals surface area (Å²) in [4.78, 5) is 35.1. The maximum atomic E-state index is 12.3. The number of hydrogen-bond donors (Lipinski definition) is 1. The highest BCUT2D eigenvalue weighted by molar-refractivity contribution is 5.94. The van der Waals surface area contributed by atoms with Gasteiger partial charge in [0.05, 0.1) is 34.8 Å². The lowest BCUT2D eigenvalue weighted by Gasteiger charge is -2.32. The summed E-state index contributed by atoms with van der Waals surface area (Å²) in [5, 5.41) is 2.99. The Morgan fingerprint density at radius 2 is 1.93 bits per heavy atom. The second-order valence-electron chi connectivity index (χ2n) is 6.70. The molecule has 0 radical (unpaired) electrons. The molecule has 2 amide bonds. The number of fused-ring (bicyclic) bond motifs is 1. The Balaban J connectivity index is 1.29. The Labute approximate surface area is 162 Å². The van der Waals surface area contributed by atoms with Gasteiger partial charge in [-0.2, -0.15) is 0 Å². The van der Waals surface area contributed by atoms with Gasteiger partial charge in [0.25, 0.3) is 5.91 Å². The lowest BCUT2D eigenvalue weighted by molar-refractivity contribution is -0.117. The van der Waals surface area contributed by atoms with Crippen molar-refractivity contribution < 1.29 is 14.0 Å². The fourth-order valence-corrected chi connectivity index (χ4v) is 3.26. The number of amides is 2. The van der Waals surface area contributed by atoms with Gasteiger partial charge in [-0.25, -0.2) is 4.98 Å². The monoisotopic (exact) mass is 376 g/mol. The van der Waals surface area contributed by atoms with Crippen LogP contribution in [-0.2, 0) is 4.79 Å². The van der Waals surface area contributed by atoms with Gasteiger partial charge in [0.1, 0.15) is 6.26 Å². The van der Waals surface area contributed by atoms with E-state index in [1.165, 1.54) is 18.6 Å². The van der Waals surface area contributed by atoms with Crippen molar-refractivity contribution in [3.8, 4) is 0 Å². The zero-order valence-corrected chi connectivity index (χ0v) is 15.2. The number of benzene rings is 1. The first-order chi connectivity index (χ1) is 13.7. The minimum Gasteiger partial charge on any atom is -0.472 e. The van der Waals surface area contributed by atoms with Gasteiger partial charge in [0.15, 0.2) is 0 Å². The van der Waals surface area contributed by atoms with Crippen LogP contribution in [0.2, 0.25) is 0 Å². The lowest BCUT2D eigenvalue weighted by atomic mass is 10.0. The van der Waals surface area contributed by atoms with E-state index < -0.39 is 0 Å². The fourth-order valence-electron chi connectivity index (χ4n) is 3.26. The second kappa shape index (κ2) is 8.04. The summed E-state index contributed by atoms with van der Waals surface area (Å²) in [7, 11) is 0. The highest BCUT2D eigenvalue weighted by atomic mass is 16.3. The van der Waals surface area contributed by atoms with Crippen LogP contribution in [0.4, 0.5) is 0 Å². The predicted molar refractivity (Wildman–Crippen MR) is 104 cm³/mol. The SMILES string of the molecule is O=C(/C=C/c1cnc2ccccc2n1)NC1CCN(C(=O)c2ccoc2)CC1. The Morgan fingerprint density at radius 3 is 2.68 bits per heavy atom. The maximum absolute atomic E-state index is 12.3. The van der Waals surface area contributed by atoms with E-state index >= 15 is 0 Å². The third-order valence-electron chi connectivity index (χ3n) is 4.77. The summed E-state index contributed by atoms with van der Waals surface area (Å²) in [6.45, 7) is 1.21. The van der Waals surface area contributed by atoms with Gasteiger partial charge in [-0.05, 0) is 37.1 Å². The molecule has 0 atom stereocenters. The first kappa shape index (κ1) is 17.9. The van der Waals surface area contributed by atoms with Crippen molar-refractivity contribution in [3.63, 3.8) is 0 Å². The van der Waals surface area contributed by atoms with E-state index in [0.29, 0.717) is 24.3 Å². The molecule has 0 aliphatic carbocycles. The highest BCUT2D eigenvalue weighted by Crippen LogP contribution is 2.14. The normalized spacial score (nSPS) is 15.2. The zero-order valence-electron chi connectivity index (χ0n) is 15.2. The maximum Gasteiger partial charge on any atom is 0.257 e. The number of furan rings is 1. The molecule has 1 aliphatic rings. The Bertz CT molecular complexity index is 1010. The minimum absolute atomic E-state index is 0.0340. The zero-order chi connectivity index (χ0) is 19.3. The van der Waals surface area contributed by atoms with Crippen molar-refractivity contribution in [1.82, 2.24) is 20.2 Å². The molecule has 7 heteroatoms. The number of nitrogens with zero attached hydrogens (tertiary/aromatic N) is 3. The van der Waals surface area contributed by atoms with Crippen LogP contribution < -0.4 is 5.32 Å². The summed E-state index contributed by atoms with van der Waals surface area (Å²) in [6, 6.07) is 9.31. The van der Waals surface area contributed by atoms with Gasteiger partial charge >= 0.3 is 0 Å². The number of likely N-dealkylation sites (tertiary alicyclic amines) is 1. The molecule has 0 unspecified atom stereocenters. The van der Waals surface area contributed by atoms with Gasteiger partial charge in [-0.3, -0.25) is 14.6 Å². The van der Waals surface area contributed by atoms with Crippen LogP contribution in [0.3, 0.4) is 0 Å². The average Bonchev–Trinajstić information content (AvgIpc) is 3.27. The molecule has 28 heavy (non-hydrogen) atoms. The van der Waals surface area contributed by atoms with E-state index in [2.05, 4.69) is 15.3 Å². The quantitative estimate of drug-likeness (QED) is 0.707. The smallest absolute Gasteiger partial charge is 0.257 e. The van der Waals surface area contributed by atoms with Gasteiger partial charge in [-0.1, -0.05) is 12.1 Å². The molecule has 1 fully saturated rings. The number of piperidine rings is 1. The van der Waals surface area contributed by atoms with Crippen molar-refractivity contribution in [2.24, 2.45) is 0 Å². The second-order valence-corrected chi connectivity index (χ2v) is 6.70. The molecule has 2 aromatic heterocycles. The number of carbonyl (C=O) groups is 2. The molecule has 0 spiro atoms. The largest absolute Gasteiger partial charge is 0.472 e. The van der Waals surface area contributed by atoms with E-state index in [0.717, 1.165) is 23.9 Å². The standard InChI is InChI=1S/C21H20N4O3/c26-20(6-5-17-13-22-18-3-1-2-4-19(18)23-17)24-16-7-10-25(11-8-16)21(27)15-9-12-28-14-15/h1-6,9,12-14,16H,7-8,10-11H2,(H,24,26)/b6-5+. The molecule has 0 bridgehead atoms. The van der Waals surface area contributed by atoms with Gasteiger partial charge in [0, 0.05) is 25.2 Å². The molecule has 1 N–H and O–H groups in total. The minimum atomic E-state index is -0.172. The van der Waals surface area contributed by atoms with Crippen molar-refractivity contribution in [2.75, 3.05) is 13.1 Å². The Morgan fingerprint density at radius 1 is 1.14 bits per heavy atom. The van der Waals surface area contributed by atoms with Crippen LogP contribution in [0.15, 0.2) is 59.5 Å². The van der Waals surface area contributed by atoms with Crippen LogP contribution >= 0.6 is 0 Å². The van der Waals surface area contributed by atoms with Crippen molar-refractivity contribution in [3.05, 3.63) is 66.4 Å². The summed E-state index contributed by atoms with van der Waals surface area (Å²) >= 11 is 0.